The van der Waals surface area contributed by atoms with Gasteiger partial charge in [0.1, 0.15) is 0 Å². The average Bonchev–Trinajstić information content (AvgIpc) is 3.09. The SMILES string of the molecule is Cc1ccc2c3ccccc3c3ccc(C4C=CC=C(c5cc(-c6ccccc6)nc(-c6ccccc6)c5)C4)cc3c2c1. The predicted octanol–water partition coefficient (Wildman–Crippen LogP) is 11.3. The fourth-order valence-electron chi connectivity index (χ4n) is 6.67. The van der Waals surface area contributed by atoms with Crippen molar-refractivity contribution < 1.29 is 0 Å². The molecule has 0 aliphatic heterocycles. The van der Waals surface area contributed by atoms with Crippen LogP contribution in [0.2, 0.25) is 0 Å². The second kappa shape index (κ2) is 10.5. The molecule has 0 fully saturated rings. The van der Waals surface area contributed by atoms with Gasteiger partial charge in [-0.15, -0.1) is 0 Å². The zero-order chi connectivity index (χ0) is 28.8. The largest absolute Gasteiger partial charge is 0.248 e. The second-order valence-corrected chi connectivity index (χ2v) is 11.6. The minimum absolute atomic E-state index is 0.296. The molecule has 8 rings (SSSR count). The molecule has 1 aromatic heterocycles. The van der Waals surface area contributed by atoms with Crippen LogP contribution in [-0.2, 0) is 0 Å². The van der Waals surface area contributed by atoms with Crippen LogP contribution in [-0.4, -0.2) is 4.98 Å². The molecule has 0 radical (unpaired) electrons. The van der Waals surface area contributed by atoms with Crippen molar-refractivity contribution in [3.8, 4) is 22.5 Å². The van der Waals surface area contributed by atoms with E-state index in [0.29, 0.717) is 5.92 Å². The standard InChI is InChI=1S/C42H31N/c1-28-19-21-37-35-17-8-9-18-36(35)38-22-20-33(25-40(38)39(37)23-28)31-15-10-16-32(24-31)34-26-41(29-11-4-2-5-12-29)43-42(27-34)30-13-6-3-7-14-30/h2-23,25-27,31H,24H2,1H3. The lowest BCUT2D eigenvalue weighted by molar-refractivity contribution is 0.869. The lowest BCUT2D eigenvalue weighted by Gasteiger charge is -2.21. The van der Waals surface area contributed by atoms with Crippen LogP contribution < -0.4 is 0 Å². The van der Waals surface area contributed by atoms with E-state index >= 15 is 0 Å². The Morgan fingerprint density at radius 2 is 1.07 bits per heavy atom. The molecule has 6 aromatic carbocycles. The summed E-state index contributed by atoms with van der Waals surface area (Å²) in [5, 5.41) is 7.95. The molecular formula is C42H31N. The van der Waals surface area contributed by atoms with Crippen LogP contribution >= 0.6 is 0 Å². The fraction of sp³-hybridized carbons (Fsp3) is 0.0714. The molecule has 7 aromatic rings. The molecule has 1 heteroatoms. The molecule has 204 valence electrons. The summed E-state index contributed by atoms with van der Waals surface area (Å²) in [7, 11) is 0. The Morgan fingerprint density at radius 1 is 0.512 bits per heavy atom. The van der Waals surface area contributed by atoms with Gasteiger partial charge in [0.2, 0.25) is 0 Å². The van der Waals surface area contributed by atoms with Crippen LogP contribution in [0.3, 0.4) is 0 Å². The summed E-state index contributed by atoms with van der Waals surface area (Å²) < 4.78 is 0. The highest BCUT2D eigenvalue weighted by molar-refractivity contribution is 6.25. The number of pyridine rings is 1. The molecule has 1 unspecified atom stereocenters. The number of fused-ring (bicyclic) bond motifs is 6. The van der Waals surface area contributed by atoms with Gasteiger partial charge in [0.15, 0.2) is 0 Å². The zero-order valence-electron chi connectivity index (χ0n) is 24.2. The predicted molar refractivity (Wildman–Crippen MR) is 183 cm³/mol. The first-order valence-electron chi connectivity index (χ1n) is 15.1. The van der Waals surface area contributed by atoms with Gasteiger partial charge >= 0.3 is 0 Å². The highest BCUT2D eigenvalue weighted by Gasteiger charge is 2.19. The Balaban J connectivity index is 1.22. The van der Waals surface area contributed by atoms with Crippen molar-refractivity contribution in [1.82, 2.24) is 4.98 Å². The highest BCUT2D eigenvalue weighted by Crippen LogP contribution is 2.40. The van der Waals surface area contributed by atoms with Gasteiger partial charge < -0.3 is 0 Å². The minimum atomic E-state index is 0.296. The maximum absolute atomic E-state index is 5.10. The van der Waals surface area contributed by atoms with E-state index in [1.807, 2.05) is 0 Å². The quantitative estimate of drug-likeness (QED) is 0.199. The van der Waals surface area contributed by atoms with E-state index in [1.54, 1.807) is 0 Å². The van der Waals surface area contributed by atoms with Crippen molar-refractivity contribution in [2.45, 2.75) is 19.3 Å². The van der Waals surface area contributed by atoms with Crippen LogP contribution in [0.5, 0.6) is 0 Å². The lowest BCUT2D eigenvalue weighted by Crippen LogP contribution is -2.02. The fourth-order valence-corrected chi connectivity index (χ4v) is 6.67. The van der Waals surface area contributed by atoms with E-state index in [0.717, 1.165) is 28.9 Å². The molecule has 1 nitrogen and oxygen atoms in total. The Hall–Kier alpha value is -5.27. The summed E-state index contributed by atoms with van der Waals surface area (Å²) in [6, 6.07) is 48.3. The maximum atomic E-state index is 5.10. The van der Waals surface area contributed by atoms with E-state index in [2.05, 4.69) is 159 Å². The molecular weight excluding hydrogens is 518 g/mol. The molecule has 0 bridgehead atoms. The van der Waals surface area contributed by atoms with E-state index < -0.39 is 0 Å². The number of aryl methyl sites for hydroxylation is 1. The Morgan fingerprint density at radius 3 is 1.72 bits per heavy atom. The van der Waals surface area contributed by atoms with Crippen LogP contribution in [0.4, 0.5) is 0 Å². The molecule has 43 heavy (non-hydrogen) atoms. The van der Waals surface area contributed by atoms with Crippen LogP contribution in [0.15, 0.2) is 152 Å². The van der Waals surface area contributed by atoms with Crippen molar-refractivity contribution in [3.63, 3.8) is 0 Å². The summed E-state index contributed by atoms with van der Waals surface area (Å²) >= 11 is 0. The summed E-state index contributed by atoms with van der Waals surface area (Å²) in [4.78, 5) is 5.10. The Bertz CT molecular complexity index is 2150. The van der Waals surface area contributed by atoms with Crippen molar-refractivity contribution >= 4 is 37.9 Å². The third-order valence-electron chi connectivity index (χ3n) is 8.86. The molecule has 1 atom stereocenters. The van der Waals surface area contributed by atoms with E-state index in [1.165, 1.54) is 54.6 Å². The minimum Gasteiger partial charge on any atom is -0.248 e. The molecule has 0 saturated heterocycles. The third kappa shape index (κ3) is 4.64. The first kappa shape index (κ1) is 25.4. The van der Waals surface area contributed by atoms with E-state index in [-0.39, 0.29) is 0 Å². The molecule has 1 heterocycles. The number of allylic oxidation sites excluding steroid dienone is 4. The van der Waals surface area contributed by atoms with Gasteiger partial charge in [-0.2, -0.15) is 0 Å². The van der Waals surface area contributed by atoms with Gasteiger partial charge in [-0.05, 0) is 80.6 Å². The molecule has 0 saturated carbocycles. The number of benzene rings is 6. The van der Waals surface area contributed by atoms with Crippen LogP contribution in [0.25, 0.3) is 60.4 Å². The number of aromatic nitrogens is 1. The van der Waals surface area contributed by atoms with Crippen LogP contribution in [0, 0.1) is 6.92 Å². The van der Waals surface area contributed by atoms with E-state index in [9.17, 15) is 0 Å². The molecule has 0 amide bonds. The monoisotopic (exact) mass is 549 g/mol. The maximum Gasteiger partial charge on any atom is 0.0715 e. The van der Waals surface area contributed by atoms with Crippen molar-refractivity contribution in [3.05, 3.63) is 168 Å². The van der Waals surface area contributed by atoms with Crippen LogP contribution in [0.1, 0.15) is 29.0 Å². The summed E-state index contributed by atoms with van der Waals surface area (Å²) in [6.07, 6.45) is 7.82. The summed E-state index contributed by atoms with van der Waals surface area (Å²) in [5.74, 6) is 0.296. The number of hydrogen-bond acceptors (Lipinski definition) is 1. The normalized spacial score (nSPS) is 14.8. The number of rotatable bonds is 4. The zero-order valence-corrected chi connectivity index (χ0v) is 24.2. The topological polar surface area (TPSA) is 12.9 Å². The van der Waals surface area contributed by atoms with Gasteiger partial charge in [-0.3, -0.25) is 0 Å². The van der Waals surface area contributed by atoms with Crippen molar-refractivity contribution in [2.75, 3.05) is 0 Å². The first-order valence-corrected chi connectivity index (χ1v) is 15.1. The van der Waals surface area contributed by atoms with Crippen molar-refractivity contribution in [2.24, 2.45) is 0 Å². The second-order valence-electron chi connectivity index (χ2n) is 11.6. The summed E-state index contributed by atoms with van der Waals surface area (Å²) in [5.41, 5.74) is 9.49. The molecule has 1 aliphatic rings. The molecule has 0 spiro atoms. The summed E-state index contributed by atoms with van der Waals surface area (Å²) in [6.45, 7) is 2.19. The molecule has 1 aliphatic carbocycles. The van der Waals surface area contributed by atoms with Gasteiger partial charge in [0.25, 0.3) is 0 Å². The Labute approximate surface area is 252 Å². The molecule has 0 N–H and O–H groups in total. The van der Waals surface area contributed by atoms with Crippen molar-refractivity contribution in [1.29, 1.82) is 0 Å². The van der Waals surface area contributed by atoms with Gasteiger partial charge in [0.05, 0.1) is 11.4 Å². The first-order chi connectivity index (χ1) is 21.2. The number of nitrogens with zero attached hydrogens (tertiary/aromatic N) is 1. The smallest absolute Gasteiger partial charge is 0.0715 e. The highest BCUT2D eigenvalue weighted by atomic mass is 14.7. The third-order valence-corrected chi connectivity index (χ3v) is 8.86. The van der Waals surface area contributed by atoms with Gasteiger partial charge in [-0.1, -0.05) is 139 Å². The van der Waals surface area contributed by atoms with Gasteiger partial charge in [0, 0.05) is 17.0 Å². The van der Waals surface area contributed by atoms with Gasteiger partial charge in [-0.25, -0.2) is 4.98 Å². The van der Waals surface area contributed by atoms with E-state index in [4.69, 9.17) is 4.98 Å². The lowest BCUT2D eigenvalue weighted by atomic mass is 9.83. The average molecular weight is 550 g/mol. The number of hydrogen-bond donors (Lipinski definition) is 0. The Kier molecular flexibility index (Phi) is 6.23.